The van der Waals surface area contributed by atoms with Crippen molar-refractivity contribution in [1.29, 1.82) is 0 Å². The second-order valence-electron chi connectivity index (χ2n) is 8.72. The van der Waals surface area contributed by atoms with Crippen molar-refractivity contribution in [3.8, 4) is 0 Å². The standard InChI is InChI=1S/C22H36N4O3/c1-3-26-19(7-12-23-26)21(27)24-13-8-18(9-14-24)25-17-20(29-16-15-28-2)22(25)10-5-4-6-11-22/h7,12,18,20H,3-6,8-11,13-17H2,1-2H3. The number of methoxy groups -OCH3 is 1. The van der Waals surface area contributed by atoms with Crippen molar-refractivity contribution in [2.75, 3.05) is 40.0 Å². The Morgan fingerprint density at radius 1 is 1.21 bits per heavy atom. The smallest absolute Gasteiger partial charge is 0.272 e. The summed E-state index contributed by atoms with van der Waals surface area (Å²) in [5.74, 6) is 0.125. The van der Waals surface area contributed by atoms with E-state index in [1.165, 1.54) is 32.1 Å². The Balaban J connectivity index is 1.36. The average Bonchev–Trinajstić information content (AvgIpc) is 3.25. The fourth-order valence-corrected chi connectivity index (χ4v) is 5.68. The molecule has 1 amide bonds. The first-order valence-corrected chi connectivity index (χ1v) is 11.4. The lowest BCUT2D eigenvalue weighted by Gasteiger charge is -2.63. The molecule has 1 atom stereocenters. The lowest BCUT2D eigenvalue weighted by atomic mass is 9.69. The van der Waals surface area contributed by atoms with Crippen LogP contribution in [0.1, 0.15) is 62.4 Å². The molecule has 1 aliphatic carbocycles. The number of hydrogen-bond acceptors (Lipinski definition) is 5. The zero-order valence-electron chi connectivity index (χ0n) is 18.0. The summed E-state index contributed by atoms with van der Waals surface area (Å²) >= 11 is 0. The molecule has 0 radical (unpaired) electrons. The van der Waals surface area contributed by atoms with Crippen LogP contribution < -0.4 is 0 Å². The predicted molar refractivity (Wildman–Crippen MR) is 111 cm³/mol. The number of piperidine rings is 1. The molecule has 3 heterocycles. The maximum Gasteiger partial charge on any atom is 0.272 e. The molecular formula is C22H36N4O3. The highest BCUT2D eigenvalue weighted by Gasteiger charge is 2.56. The summed E-state index contributed by atoms with van der Waals surface area (Å²) in [5, 5.41) is 4.25. The van der Waals surface area contributed by atoms with E-state index in [-0.39, 0.29) is 11.4 Å². The van der Waals surface area contributed by atoms with E-state index < -0.39 is 0 Å². The second kappa shape index (κ2) is 9.14. The second-order valence-corrected chi connectivity index (χ2v) is 8.72. The van der Waals surface area contributed by atoms with Gasteiger partial charge in [-0.1, -0.05) is 19.3 Å². The molecule has 2 aliphatic heterocycles. The summed E-state index contributed by atoms with van der Waals surface area (Å²) in [5.41, 5.74) is 0.939. The zero-order valence-corrected chi connectivity index (χ0v) is 18.0. The summed E-state index contributed by atoms with van der Waals surface area (Å²) in [4.78, 5) is 17.7. The van der Waals surface area contributed by atoms with Crippen LogP contribution in [0.3, 0.4) is 0 Å². The Hall–Kier alpha value is -1.44. The summed E-state index contributed by atoms with van der Waals surface area (Å²) < 4.78 is 13.2. The van der Waals surface area contributed by atoms with Crippen molar-refractivity contribution in [3.63, 3.8) is 0 Å². The van der Waals surface area contributed by atoms with E-state index in [4.69, 9.17) is 9.47 Å². The van der Waals surface area contributed by atoms with E-state index in [9.17, 15) is 4.79 Å². The highest BCUT2D eigenvalue weighted by Crippen LogP contribution is 2.47. The van der Waals surface area contributed by atoms with E-state index in [1.54, 1.807) is 18.0 Å². The van der Waals surface area contributed by atoms with Crippen molar-refractivity contribution in [2.24, 2.45) is 0 Å². The van der Waals surface area contributed by atoms with E-state index in [2.05, 4.69) is 10.00 Å². The number of nitrogens with zero attached hydrogens (tertiary/aromatic N) is 4. The predicted octanol–water partition coefficient (Wildman–Crippen LogP) is 2.56. The van der Waals surface area contributed by atoms with Gasteiger partial charge in [0.25, 0.3) is 5.91 Å². The van der Waals surface area contributed by atoms with Gasteiger partial charge in [-0.05, 0) is 38.7 Å². The van der Waals surface area contributed by atoms with Crippen LogP contribution in [0, 0.1) is 0 Å². The largest absolute Gasteiger partial charge is 0.382 e. The quantitative estimate of drug-likeness (QED) is 0.654. The molecule has 1 saturated carbocycles. The van der Waals surface area contributed by atoms with Gasteiger partial charge in [0.05, 0.1) is 19.3 Å². The van der Waals surface area contributed by atoms with Gasteiger partial charge >= 0.3 is 0 Å². The number of rotatable bonds is 7. The van der Waals surface area contributed by atoms with E-state index in [0.717, 1.165) is 39.0 Å². The lowest BCUT2D eigenvalue weighted by Crippen LogP contribution is -2.75. The van der Waals surface area contributed by atoms with E-state index in [1.807, 2.05) is 17.9 Å². The molecule has 0 aromatic carbocycles. The number of likely N-dealkylation sites (tertiary alicyclic amines) is 2. The van der Waals surface area contributed by atoms with Gasteiger partial charge in [0.1, 0.15) is 5.69 Å². The molecule has 0 bridgehead atoms. The van der Waals surface area contributed by atoms with Crippen LogP contribution in [0.15, 0.2) is 12.3 Å². The monoisotopic (exact) mass is 404 g/mol. The molecule has 1 aromatic heterocycles. The first-order valence-electron chi connectivity index (χ1n) is 11.4. The molecule has 1 spiro atoms. The van der Waals surface area contributed by atoms with Gasteiger partial charge < -0.3 is 14.4 Å². The fourth-order valence-electron chi connectivity index (χ4n) is 5.68. The Morgan fingerprint density at radius 2 is 1.97 bits per heavy atom. The Kier molecular flexibility index (Phi) is 6.56. The molecule has 0 N–H and O–H groups in total. The molecule has 7 heteroatoms. The minimum atomic E-state index is 0.125. The summed E-state index contributed by atoms with van der Waals surface area (Å²) in [7, 11) is 1.73. The number of ether oxygens (including phenoxy) is 2. The highest BCUT2D eigenvalue weighted by atomic mass is 16.5. The Bertz CT molecular complexity index is 677. The van der Waals surface area contributed by atoms with Crippen LogP contribution in [0.25, 0.3) is 0 Å². The van der Waals surface area contributed by atoms with Crippen molar-refractivity contribution in [1.82, 2.24) is 19.6 Å². The fraction of sp³-hybridized carbons (Fsp3) is 0.818. The van der Waals surface area contributed by atoms with Gasteiger partial charge in [-0.2, -0.15) is 5.10 Å². The van der Waals surface area contributed by atoms with Gasteiger partial charge in [-0.25, -0.2) is 0 Å². The van der Waals surface area contributed by atoms with Crippen LogP contribution in [-0.4, -0.2) is 83.1 Å². The first kappa shape index (κ1) is 20.8. The molecule has 29 heavy (non-hydrogen) atoms. The first-order chi connectivity index (χ1) is 14.2. The van der Waals surface area contributed by atoms with Gasteiger partial charge in [0.2, 0.25) is 0 Å². The number of amides is 1. The third-order valence-corrected chi connectivity index (χ3v) is 7.29. The summed E-state index contributed by atoms with van der Waals surface area (Å²) in [6.07, 6.45) is 10.6. The van der Waals surface area contributed by atoms with Crippen LogP contribution >= 0.6 is 0 Å². The van der Waals surface area contributed by atoms with Gasteiger partial charge in [0.15, 0.2) is 0 Å². The molecule has 7 nitrogen and oxygen atoms in total. The molecule has 3 aliphatic rings. The molecule has 162 valence electrons. The number of carbonyl (C=O) groups excluding carboxylic acids is 1. The Labute approximate surface area is 174 Å². The summed E-state index contributed by atoms with van der Waals surface area (Å²) in [6, 6.07) is 2.40. The van der Waals surface area contributed by atoms with Gasteiger partial charge in [0, 0.05) is 51.1 Å². The van der Waals surface area contributed by atoms with Crippen molar-refractivity contribution >= 4 is 5.91 Å². The number of hydrogen-bond donors (Lipinski definition) is 0. The van der Waals surface area contributed by atoms with Crippen molar-refractivity contribution < 1.29 is 14.3 Å². The minimum absolute atomic E-state index is 0.125. The van der Waals surface area contributed by atoms with Crippen LogP contribution in [0.2, 0.25) is 0 Å². The SMILES string of the molecule is CCn1nccc1C(=O)N1CCC(N2CC(OCCOC)C23CCCCC3)CC1. The van der Waals surface area contributed by atoms with E-state index >= 15 is 0 Å². The number of aromatic nitrogens is 2. The molecule has 2 saturated heterocycles. The maximum atomic E-state index is 12.9. The topological polar surface area (TPSA) is 59.8 Å². The van der Waals surface area contributed by atoms with Crippen LogP contribution in [0.4, 0.5) is 0 Å². The molecule has 4 rings (SSSR count). The molecule has 1 aromatic rings. The van der Waals surface area contributed by atoms with E-state index in [0.29, 0.717) is 31.1 Å². The zero-order chi connectivity index (χ0) is 20.3. The third-order valence-electron chi connectivity index (χ3n) is 7.29. The minimum Gasteiger partial charge on any atom is -0.382 e. The maximum absolute atomic E-state index is 12.9. The highest BCUT2D eigenvalue weighted by molar-refractivity contribution is 5.92. The summed E-state index contributed by atoms with van der Waals surface area (Å²) in [6.45, 7) is 6.81. The lowest BCUT2D eigenvalue weighted by molar-refractivity contribution is -0.203. The van der Waals surface area contributed by atoms with Crippen LogP contribution in [-0.2, 0) is 16.0 Å². The molecule has 1 unspecified atom stereocenters. The normalized spacial score (nSPS) is 25.3. The number of carbonyl (C=O) groups is 1. The third kappa shape index (κ3) is 3.97. The number of aryl methyl sites for hydroxylation is 1. The van der Waals surface area contributed by atoms with Gasteiger partial charge in [-0.3, -0.25) is 14.4 Å². The van der Waals surface area contributed by atoms with Crippen LogP contribution in [0.5, 0.6) is 0 Å². The van der Waals surface area contributed by atoms with Crippen molar-refractivity contribution in [3.05, 3.63) is 18.0 Å². The Morgan fingerprint density at radius 3 is 2.66 bits per heavy atom. The average molecular weight is 405 g/mol. The van der Waals surface area contributed by atoms with Gasteiger partial charge in [-0.15, -0.1) is 0 Å². The molecule has 3 fully saturated rings. The van der Waals surface area contributed by atoms with Crippen molar-refractivity contribution in [2.45, 2.75) is 76.1 Å². The molecular weight excluding hydrogens is 368 g/mol.